The first-order valence-electron chi connectivity index (χ1n) is 7.98. The Morgan fingerprint density at radius 1 is 1.28 bits per heavy atom. The quantitative estimate of drug-likeness (QED) is 0.438. The maximum atomic E-state index is 13.0. The van der Waals surface area contributed by atoms with Crippen LogP contribution in [-0.4, -0.2) is 54.7 Å². The van der Waals surface area contributed by atoms with Gasteiger partial charge in [0.25, 0.3) is 5.91 Å². The number of carbonyl (C=O) groups excluding carboxylic acids is 1. The zero-order valence-electron chi connectivity index (χ0n) is 14.8. The molecule has 0 saturated heterocycles. The molecule has 9 heteroatoms. The van der Waals surface area contributed by atoms with Gasteiger partial charge in [-0.3, -0.25) is 10.0 Å². The molecule has 0 radical (unpaired) electrons. The van der Waals surface area contributed by atoms with Crippen LogP contribution in [0.3, 0.4) is 0 Å². The maximum Gasteiger partial charge on any atom is 0.264 e. The van der Waals surface area contributed by atoms with Gasteiger partial charge < -0.3 is 9.84 Å². The zero-order chi connectivity index (χ0) is 19.2. The minimum Gasteiger partial charge on any atom is -0.497 e. The number of hydrogen-bond donors (Lipinski definition) is 3. The number of rotatable bonds is 9. The van der Waals surface area contributed by atoms with Gasteiger partial charge >= 0.3 is 0 Å². The molecular weight excluding hydrogens is 348 g/mol. The Hall–Kier alpha value is -1.68. The summed E-state index contributed by atoms with van der Waals surface area (Å²) < 4.78 is 32.0. The van der Waals surface area contributed by atoms with Gasteiger partial charge in [0.2, 0.25) is 10.0 Å². The molecule has 1 amide bonds. The number of ether oxygens (including phenoxy) is 1. The van der Waals surface area contributed by atoms with Crippen LogP contribution >= 0.6 is 0 Å². The Bertz CT molecular complexity index is 660. The highest BCUT2D eigenvalue weighted by atomic mass is 32.2. The van der Waals surface area contributed by atoms with Crippen LogP contribution in [-0.2, 0) is 14.8 Å². The molecule has 2 unspecified atom stereocenters. The number of aliphatic hydroxyl groups excluding tert-OH is 1. The predicted molar refractivity (Wildman–Crippen MR) is 91.7 cm³/mol. The van der Waals surface area contributed by atoms with Gasteiger partial charge in [-0.1, -0.05) is 20.8 Å². The lowest BCUT2D eigenvalue weighted by Crippen LogP contribution is -2.56. The van der Waals surface area contributed by atoms with Crippen LogP contribution in [0.1, 0.15) is 27.2 Å². The molecule has 0 aliphatic rings. The number of nitrogens with one attached hydrogen (secondary N) is 1. The number of benzene rings is 1. The molecule has 3 N–H and O–H groups in total. The Kier molecular flexibility index (Phi) is 7.81. The third kappa shape index (κ3) is 4.91. The van der Waals surface area contributed by atoms with E-state index < -0.39 is 34.0 Å². The highest BCUT2D eigenvalue weighted by Crippen LogP contribution is 2.24. The molecule has 142 valence electrons. The van der Waals surface area contributed by atoms with E-state index in [9.17, 15) is 18.3 Å². The third-order valence-corrected chi connectivity index (χ3v) is 5.70. The summed E-state index contributed by atoms with van der Waals surface area (Å²) in [4.78, 5) is 12.1. The predicted octanol–water partition coefficient (Wildman–Crippen LogP) is 0.987. The van der Waals surface area contributed by atoms with Crippen LogP contribution < -0.4 is 10.2 Å². The average Bonchev–Trinajstić information content (AvgIpc) is 2.60. The lowest BCUT2D eigenvalue weighted by atomic mass is 9.99. The Morgan fingerprint density at radius 2 is 1.84 bits per heavy atom. The lowest BCUT2D eigenvalue weighted by Gasteiger charge is -2.33. The fraction of sp³-hybridized carbons (Fsp3) is 0.562. The van der Waals surface area contributed by atoms with Crippen LogP contribution in [0.25, 0.3) is 0 Å². The maximum absolute atomic E-state index is 13.0. The number of amides is 1. The summed E-state index contributed by atoms with van der Waals surface area (Å²) in [5.74, 6) is -0.882. The van der Waals surface area contributed by atoms with Crippen molar-refractivity contribution in [2.75, 3.05) is 13.7 Å². The van der Waals surface area contributed by atoms with Crippen molar-refractivity contribution in [3.63, 3.8) is 0 Å². The second-order valence-electron chi connectivity index (χ2n) is 5.95. The summed E-state index contributed by atoms with van der Waals surface area (Å²) in [6.07, 6.45) is -0.859. The van der Waals surface area contributed by atoms with E-state index >= 15 is 0 Å². The number of methoxy groups -OCH3 is 1. The van der Waals surface area contributed by atoms with Gasteiger partial charge in [0, 0.05) is 6.54 Å². The van der Waals surface area contributed by atoms with Crippen molar-refractivity contribution in [1.82, 2.24) is 9.79 Å². The summed E-state index contributed by atoms with van der Waals surface area (Å²) in [5, 5.41) is 19.4. The minimum absolute atomic E-state index is 0.0101. The molecule has 8 nitrogen and oxygen atoms in total. The van der Waals surface area contributed by atoms with Gasteiger partial charge in [0.15, 0.2) is 0 Å². The summed E-state index contributed by atoms with van der Waals surface area (Å²) in [6, 6.07) is 4.28. The first kappa shape index (κ1) is 21.4. The number of carbonyl (C=O) groups is 1. The van der Waals surface area contributed by atoms with Crippen LogP contribution in [0.15, 0.2) is 29.2 Å². The average molecular weight is 374 g/mol. The molecule has 1 rings (SSSR count). The van der Waals surface area contributed by atoms with E-state index in [1.807, 2.05) is 0 Å². The number of sulfonamides is 1. The Morgan fingerprint density at radius 3 is 2.24 bits per heavy atom. The molecule has 1 aromatic carbocycles. The van der Waals surface area contributed by atoms with E-state index in [-0.39, 0.29) is 11.4 Å². The van der Waals surface area contributed by atoms with E-state index in [0.29, 0.717) is 12.2 Å². The van der Waals surface area contributed by atoms with Gasteiger partial charge in [-0.15, -0.1) is 0 Å². The first-order chi connectivity index (χ1) is 11.7. The SMILES string of the molecule is CCCN(C(C(=O)NO)C(O)C(C)C)S(=O)(=O)c1ccc(OC)cc1. The fourth-order valence-electron chi connectivity index (χ4n) is 2.40. The topological polar surface area (TPSA) is 116 Å². The second kappa shape index (κ2) is 9.14. The molecule has 0 heterocycles. The van der Waals surface area contributed by atoms with Crippen molar-refractivity contribution in [2.24, 2.45) is 5.92 Å². The molecular formula is C16H26N2O6S. The van der Waals surface area contributed by atoms with Crippen molar-refractivity contribution < 1.29 is 28.3 Å². The monoisotopic (exact) mass is 374 g/mol. The van der Waals surface area contributed by atoms with E-state index in [4.69, 9.17) is 9.94 Å². The van der Waals surface area contributed by atoms with Crippen LogP contribution in [0.4, 0.5) is 0 Å². The Labute approximate surface area is 148 Å². The van der Waals surface area contributed by atoms with Crippen LogP contribution in [0, 0.1) is 5.92 Å². The summed E-state index contributed by atoms with van der Waals surface area (Å²) in [7, 11) is -2.61. The number of aliphatic hydroxyl groups is 1. The van der Waals surface area contributed by atoms with Crippen molar-refractivity contribution in [3.8, 4) is 5.75 Å². The molecule has 0 aliphatic heterocycles. The molecule has 0 saturated carbocycles. The van der Waals surface area contributed by atoms with E-state index in [2.05, 4.69) is 0 Å². The summed E-state index contributed by atoms with van der Waals surface area (Å²) in [6.45, 7) is 5.08. The highest BCUT2D eigenvalue weighted by molar-refractivity contribution is 7.89. The van der Waals surface area contributed by atoms with Crippen LogP contribution in [0.2, 0.25) is 0 Å². The van der Waals surface area contributed by atoms with Crippen LogP contribution in [0.5, 0.6) is 5.75 Å². The standard InChI is InChI=1S/C16H26N2O6S/c1-5-10-18(14(16(20)17-21)15(19)11(2)3)25(22,23)13-8-6-12(24-4)7-9-13/h6-9,11,14-15,19,21H,5,10H2,1-4H3,(H,17,20). The van der Waals surface area contributed by atoms with Gasteiger partial charge in [-0.25, -0.2) is 13.9 Å². The largest absolute Gasteiger partial charge is 0.497 e. The van der Waals surface area contributed by atoms with Crippen molar-refractivity contribution in [1.29, 1.82) is 0 Å². The smallest absolute Gasteiger partial charge is 0.264 e. The zero-order valence-corrected chi connectivity index (χ0v) is 15.7. The van der Waals surface area contributed by atoms with Gasteiger partial charge in [-0.2, -0.15) is 4.31 Å². The van der Waals surface area contributed by atoms with Crippen molar-refractivity contribution >= 4 is 15.9 Å². The molecule has 0 aliphatic carbocycles. The molecule has 25 heavy (non-hydrogen) atoms. The van der Waals surface area contributed by atoms with E-state index in [1.54, 1.807) is 20.8 Å². The van der Waals surface area contributed by atoms with Gasteiger partial charge in [0.05, 0.1) is 18.1 Å². The number of hydrogen-bond acceptors (Lipinski definition) is 6. The molecule has 1 aromatic rings. The van der Waals surface area contributed by atoms with Crippen molar-refractivity contribution in [2.45, 2.75) is 44.2 Å². The normalized spacial score (nSPS) is 14.4. The fourth-order valence-corrected chi connectivity index (χ4v) is 4.09. The van der Waals surface area contributed by atoms with Crippen molar-refractivity contribution in [3.05, 3.63) is 24.3 Å². The summed E-state index contributed by atoms with van der Waals surface area (Å²) >= 11 is 0. The molecule has 0 aromatic heterocycles. The second-order valence-corrected chi connectivity index (χ2v) is 7.84. The molecule has 2 atom stereocenters. The molecule has 0 bridgehead atoms. The number of nitrogens with zero attached hydrogens (tertiary/aromatic N) is 1. The third-order valence-electron chi connectivity index (χ3n) is 3.81. The van der Waals surface area contributed by atoms with E-state index in [0.717, 1.165) is 4.31 Å². The van der Waals surface area contributed by atoms with Gasteiger partial charge in [0.1, 0.15) is 11.8 Å². The first-order valence-corrected chi connectivity index (χ1v) is 9.42. The Balaban J connectivity index is 3.39. The summed E-state index contributed by atoms with van der Waals surface area (Å²) in [5.41, 5.74) is 1.46. The lowest BCUT2D eigenvalue weighted by molar-refractivity contribution is -0.138. The highest BCUT2D eigenvalue weighted by Gasteiger charge is 2.41. The molecule has 0 fully saturated rings. The minimum atomic E-state index is -4.08. The van der Waals surface area contributed by atoms with E-state index in [1.165, 1.54) is 36.9 Å². The number of hydroxylamine groups is 1. The molecule has 0 spiro atoms. The van der Waals surface area contributed by atoms with Gasteiger partial charge in [-0.05, 0) is 36.6 Å².